The highest BCUT2D eigenvalue weighted by Crippen LogP contribution is 2.19. The number of hydrogen-bond acceptors (Lipinski definition) is 9. The van der Waals surface area contributed by atoms with Crippen LogP contribution in [0.25, 0.3) is 0 Å². The van der Waals surface area contributed by atoms with E-state index in [0.717, 1.165) is 25.1 Å². The number of aryl methyl sites for hydroxylation is 1. The molecule has 1 aliphatic rings. The molecule has 0 saturated carbocycles. The van der Waals surface area contributed by atoms with Gasteiger partial charge in [-0.1, -0.05) is 30.0 Å². The van der Waals surface area contributed by atoms with Crippen LogP contribution in [0, 0.1) is 18.8 Å². The van der Waals surface area contributed by atoms with Crippen molar-refractivity contribution in [2.45, 2.75) is 52.0 Å². The molecule has 2 aromatic rings. The van der Waals surface area contributed by atoms with E-state index in [0.29, 0.717) is 62.1 Å². The van der Waals surface area contributed by atoms with Crippen molar-refractivity contribution in [1.29, 1.82) is 0 Å². The fourth-order valence-corrected chi connectivity index (χ4v) is 3.87. The van der Waals surface area contributed by atoms with Crippen LogP contribution in [0.4, 0.5) is 17.7 Å². The zero-order chi connectivity index (χ0) is 27.3. The normalized spacial score (nSPS) is 15.0. The van der Waals surface area contributed by atoms with Crippen molar-refractivity contribution < 1.29 is 14.1 Å². The third-order valence-electron chi connectivity index (χ3n) is 5.76. The van der Waals surface area contributed by atoms with E-state index < -0.39 is 6.04 Å². The molecular formula is C27H38N8O3. The highest BCUT2D eigenvalue weighted by molar-refractivity contribution is 5.93. The zero-order valence-electron chi connectivity index (χ0n) is 22.7. The average Bonchev–Trinajstić information content (AvgIpc) is 3.54. The van der Waals surface area contributed by atoms with Gasteiger partial charge in [0, 0.05) is 44.7 Å². The molecule has 204 valence electrons. The van der Waals surface area contributed by atoms with Gasteiger partial charge in [-0.05, 0) is 46.7 Å². The highest BCUT2D eigenvalue weighted by atomic mass is 16.5. The van der Waals surface area contributed by atoms with Crippen LogP contribution in [0.5, 0.6) is 0 Å². The molecule has 2 amide bonds. The summed E-state index contributed by atoms with van der Waals surface area (Å²) in [5.41, 5.74) is 1.46. The SMILES string of the molecule is CCCNc1nc(Nc2cc(C)no2)ncc1C#CCCCNC(=O)[C@@H]1CCCN1C(=O)/C=C/CN(C)C. The van der Waals surface area contributed by atoms with Crippen LogP contribution < -0.4 is 16.0 Å². The van der Waals surface area contributed by atoms with Gasteiger partial charge in [0.25, 0.3) is 0 Å². The molecule has 0 radical (unpaired) electrons. The van der Waals surface area contributed by atoms with E-state index in [1.54, 1.807) is 23.2 Å². The average molecular weight is 523 g/mol. The number of likely N-dealkylation sites (tertiary alicyclic amines) is 1. The molecule has 0 spiro atoms. The first kappa shape index (κ1) is 28.7. The Hall–Kier alpha value is -3.91. The minimum atomic E-state index is -0.407. The first-order valence-electron chi connectivity index (χ1n) is 13.1. The van der Waals surface area contributed by atoms with Crippen LogP contribution >= 0.6 is 0 Å². The summed E-state index contributed by atoms with van der Waals surface area (Å²) < 4.78 is 5.17. The van der Waals surface area contributed by atoms with Crippen LogP contribution in [0.2, 0.25) is 0 Å². The van der Waals surface area contributed by atoms with Crippen LogP contribution in [0.15, 0.2) is 28.9 Å². The highest BCUT2D eigenvalue weighted by Gasteiger charge is 2.32. The first-order valence-corrected chi connectivity index (χ1v) is 13.1. The third-order valence-corrected chi connectivity index (χ3v) is 5.76. The second kappa shape index (κ2) is 14.7. The number of carbonyl (C=O) groups is 2. The van der Waals surface area contributed by atoms with Gasteiger partial charge >= 0.3 is 0 Å². The van der Waals surface area contributed by atoms with Gasteiger partial charge in [0.2, 0.25) is 23.6 Å². The van der Waals surface area contributed by atoms with Crippen molar-refractivity contribution in [3.05, 3.63) is 35.7 Å². The Balaban J connectivity index is 1.48. The molecule has 1 atom stereocenters. The van der Waals surface area contributed by atoms with Gasteiger partial charge in [-0.15, -0.1) is 0 Å². The lowest BCUT2D eigenvalue weighted by molar-refractivity contribution is -0.135. The van der Waals surface area contributed by atoms with Gasteiger partial charge in [-0.25, -0.2) is 4.98 Å². The second-order valence-corrected chi connectivity index (χ2v) is 9.39. The minimum absolute atomic E-state index is 0.102. The number of carbonyl (C=O) groups excluding carboxylic acids is 2. The van der Waals surface area contributed by atoms with Crippen LogP contribution in [0.3, 0.4) is 0 Å². The molecule has 1 aliphatic heterocycles. The number of anilines is 3. The van der Waals surface area contributed by atoms with Crippen molar-refractivity contribution in [2.75, 3.05) is 50.9 Å². The van der Waals surface area contributed by atoms with Crippen molar-refractivity contribution in [3.63, 3.8) is 0 Å². The second-order valence-electron chi connectivity index (χ2n) is 9.39. The number of hydrogen-bond donors (Lipinski definition) is 3. The standard InChI is InChI=1S/C27H38N8O3/c1-5-14-28-25-21(19-30-27(32-25)31-23-18-20(2)33-38-23)11-7-6-8-15-29-26(37)22-12-9-17-35(22)24(36)13-10-16-34(3)4/h10,13,18-19,22H,5-6,8-9,12,14-17H2,1-4H3,(H,29,37)(H2,28,30,31,32)/b13-10+/t22-/m0/s1. The van der Waals surface area contributed by atoms with Gasteiger partial charge < -0.3 is 25.0 Å². The third kappa shape index (κ3) is 8.88. The molecule has 1 saturated heterocycles. The number of rotatable bonds is 12. The Kier molecular flexibility index (Phi) is 11.1. The molecule has 38 heavy (non-hydrogen) atoms. The Morgan fingerprint density at radius 3 is 2.89 bits per heavy atom. The van der Waals surface area contributed by atoms with E-state index in [1.165, 1.54) is 0 Å². The molecule has 1 fully saturated rings. The van der Waals surface area contributed by atoms with Crippen molar-refractivity contribution in [1.82, 2.24) is 30.2 Å². The van der Waals surface area contributed by atoms with E-state index in [4.69, 9.17) is 4.52 Å². The number of amides is 2. The molecule has 3 rings (SSSR count). The quantitative estimate of drug-likeness (QED) is 0.219. The summed E-state index contributed by atoms with van der Waals surface area (Å²) in [6.07, 6.45) is 8.82. The molecule has 3 N–H and O–H groups in total. The van der Waals surface area contributed by atoms with E-state index in [2.05, 4.69) is 49.8 Å². The van der Waals surface area contributed by atoms with Gasteiger partial charge in [0.05, 0.1) is 17.5 Å². The zero-order valence-corrected chi connectivity index (χ0v) is 22.7. The summed E-state index contributed by atoms with van der Waals surface area (Å²) in [7, 11) is 3.88. The van der Waals surface area contributed by atoms with Gasteiger partial charge in [0.15, 0.2) is 0 Å². The van der Waals surface area contributed by atoms with Gasteiger partial charge in [-0.3, -0.25) is 14.9 Å². The largest absolute Gasteiger partial charge is 0.369 e. The fourth-order valence-electron chi connectivity index (χ4n) is 3.87. The van der Waals surface area contributed by atoms with Gasteiger partial charge in [0.1, 0.15) is 11.9 Å². The van der Waals surface area contributed by atoms with Gasteiger partial charge in [-0.2, -0.15) is 4.98 Å². The topological polar surface area (TPSA) is 129 Å². The van der Waals surface area contributed by atoms with E-state index in [-0.39, 0.29) is 11.8 Å². The molecular weight excluding hydrogens is 484 g/mol. The molecule has 3 heterocycles. The predicted molar refractivity (Wildman–Crippen MR) is 147 cm³/mol. The Labute approximate surface area is 224 Å². The minimum Gasteiger partial charge on any atom is -0.369 e. The summed E-state index contributed by atoms with van der Waals surface area (Å²) in [6, 6.07) is 1.36. The van der Waals surface area contributed by atoms with Crippen LogP contribution in [0.1, 0.15) is 50.3 Å². The summed E-state index contributed by atoms with van der Waals surface area (Å²) in [4.78, 5) is 37.7. The van der Waals surface area contributed by atoms with Crippen molar-refractivity contribution in [3.8, 4) is 11.8 Å². The molecule has 0 bridgehead atoms. The molecule has 11 heteroatoms. The lowest BCUT2D eigenvalue weighted by Crippen LogP contribution is -2.45. The maximum Gasteiger partial charge on any atom is 0.246 e. The summed E-state index contributed by atoms with van der Waals surface area (Å²) >= 11 is 0. The Bertz CT molecular complexity index is 1160. The van der Waals surface area contributed by atoms with E-state index in [9.17, 15) is 9.59 Å². The first-order chi connectivity index (χ1) is 18.4. The summed E-state index contributed by atoms with van der Waals surface area (Å²) in [5, 5.41) is 13.1. The van der Waals surface area contributed by atoms with Crippen LogP contribution in [-0.2, 0) is 9.59 Å². The summed E-state index contributed by atoms with van der Waals surface area (Å²) in [5.74, 6) is 7.57. The molecule has 2 aromatic heterocycles. The number of unbranched alkanes of at least 4 members (excludes halogenated alkanes) is 1. The smallest absolute Gasteiger partial charge is 0.246 e. The number of aromatic nitrogens is 3. The number of nitrogens with zero attached hydrogens (tertiary/aromatic N) is 5. The number of nitrogens with one attached hydrogen (secondary N) is 3. The fraction of sp³-hybridized carbons (Fsp3) is 0.519. The molecule has 11 nitrogen and oxygen atoms in total. The molecule has 0 unspecified atom stereocenters. The Morgan fingerprint density at radius 2 is 2.16 bits per heavy atom. The predicted octanol–water partition coefficient (Wildman–Crippen LogP) is 2.70. The maximum atomic E-state index is 12.7. The summed E-state index contributed by atoms with van der Waals surface area (Å²) in [6.45, 7) is 6.46. The monoisotopic (exact) mass is 522 g/mol. The van der Waals surface area contributed by atoms with Crippen molar-refractivity contribution >= 4 is 29.5 Å². The molecule has 0 aliphatic carbocycles. The van der Waals surface area contributed by atoms with E-state index >= 15 is 0 Å². The lowest BCUT2D eigenvalue weighted by atomic mass is 10.2. The maximum absolute atomic E-state index is 12.7. The van der Waals surface area contributed by atoms with Crippen LogP contribution in [-0.4, -0.2) is 83.1 Å². The lowest BCUT2D eigenvalue weighted by Gasteiger charge is -2.22. The Morgan fingerprint density at radius 1 is 1.32 bits per heavy atom. The number of likely N-dealkylation sites (N-methyl/N-ethyl adjacent to an activating group) is 1. The molecule has 0 aromatic carbocycles. The van der Waals surface area contributed by atoms with Crippen molar-refractivity contribution in [2.24, 2.45) is 0 Å². The van der Waals surface area contributed by atoms with E-state index in [1.807, 2.05) is 32.0 Å².